The lowest BCUT2D eigenvalue weighted by Crippen LogP contribution is -2.12. The number of anilines is 1. The van der Waals surface area contributed by atoms with Crippen LogP contribution in [0.25, 0.3) is 10.6 Å². The minimum atomic E-state index is -0.210. The highest BCUT2D eigenvalue weighted by Crippen LogP contribution is 2.24. The van der Waals surface area contributed by atoms with E-state index >= 15 is 0 Å². The number of rotatable bonds is 3. The monoisotopic (exact) mass is 252 g/mol. The molecule has 0 radical (unpaired) electrons. The second-order valence-corrected chi connectivity index (χ2v) is 4.26. The van der Waals surface area contributed by atoms with Gasteiger partial charge in [0.1, 0.15) is 10.9 Å². The third-order valence-corrected chi connectivity index (χ3v) is 3.01. The van der Waals surface area contributed by atoms with Gasteiger partial charge in [0.25, 0.3) is 0 Å². The number of alkyl halides is 1. The number of benzene rings is 1. The number of hydrogen-bond acceptors (Lipinski definition) is 3. The number of nitrogens with one attached hydrogen (secondary N) is 1. The molecule has 0 saturated carbocycles. The van der Waals surface area contributed by atoms with Gasteiger partial charge in [-0.2, -0.15) is 0 Å². The third-order valence-electron chi connectivity index (χ3n) is 1.95. The second kappa shape index (κ2) is 5.09. The number of nitrogens with zero attached hydrogens (tertiary/aromatic N) is 1. The zero-order valence-corrected chi connectivity index (χ0v) is 9.89. The van der Waals surface area contributed by atoms with Crippen LogP contribution in [0.4, 0.5) is 5.69 Å². The Bertz CT molecular complexity index is 484. The summed E-state index contributed by atoms with van der Waals surface area (Å²) in [4.78, 5) is 15.3. The number of hydrogen-bond donors (Lipinski definition) is 1. The van der Waals surface area contributed by atoms with Gasteiger partial charge in [0, 0.05) is 22.8 Å². The number of thiazole rings is 1. The molecule has 0 aliphatic rings. The molecule has 0 unspecified atom stereocenters. The van der Waals surface area contributed by atoms with E-state index in [4.69, 9.17) is 11.6 Å². The number of aromatic nitrogens is 1. The van der Waals surface area contributed by atoms with Gasteiger partial charge in [-0.25, -0.2) is 4.98 Å². The number of halogens is 1. The first-order valence-corrected chi connectivity index (χ1v) is 6.07. The molecule has 1 heterocycles. The Hall–Kier alpha value is -1.39. The average molecular weight is 253 g/mol. The maximum atomic E-state index is 11.1. The van der Waals surface area contributed by atoms with Crippen LogP contribution in [-0.2, 0) is 4.79 Å². The fourth-order valence-corrected chi connectivity index (χ4v) is 1.99. The van der Waals surface area contributed by atoms with Gasteiger partial charge in [-0.3, -0.25) is 4.79 Å². The first kappa shape index (κ1) is 11.1. The molecule has 0 bridgehead atoms. The number of amides is 1. The fraction of sp³-hybridized carbons (Fsp3) is 0.0909. The predicted molar refractivity (Wildman–Crippen MR) is 66.9 cm³/mol. The molecule has 1 N–H and O–H groups in total. The van der Waals surface area contributed by atoms with Crippen LogP contribution in [-0.4, -0.2) is 16.8 Å². The van der Waals surface area contributed by atoms with Gasteiger partial charge < -0.3 is 5.32 Å². The summed E-state index contributed by atoms with van der Waals surface area (Å²) in [5.41, 5.74) is 1.72. The lowest BCUT2D eigenvalue weighted by Gasteiger charge is -2.04. The molecule has 0 fully saturated rings. The second-order valence-electron chi connectivity index (χ2n) is 3.10. The van der Waals surface area contributed by atoms with Crippen LogP contribution in [0, 0.1) is 0 Å². The minimum Gasteiger partial charge on any atom is -0.325 e. The van der Waals surface area contributed by atoms with Crippen molar-refractivity contribution < 1.29 is 4.79 Å². The van der Waals surface area contributed by atoms with E-state index in [0.29, 0.717) is 0 Å². The number of carbonyl (C=O) groups is 1. The minimum absolute atomic E-state index is 0.0402. The summed E-state index contributed by atoms with van der Waals surface area (Å²) in [6.07, 6.45) is 1.75. The van der Waals surface area contributed by atoms with E-state index in [2.05, 4.69) is 10.3 Å². The molecule has 1 amide bonds. The Morgan fingerprint density at radius 3 is 3.06 bits per heavy atom. The van der Waals surface area contributed by atoms with Gasteiger partial charge in [-0.1, -0.05) is 12.1 Å². The highest BCUT2D eigenvalue weighted by Gasteiger charge is 2.03. The Kier molecular flexibility index (Phi) is 3.54. The predicted octanol–water partition coefficient (Wildman–Crippen LogP) is 2.99. The van der Waals surface area contributed by atoms with Crippen LogP contribution >= 0.6 is 22.9 Å². The largest absolute Gasteiger partial charge is 0.325 e. The molecule has 3 nitrogen and oxygen atoms in total. The molecule has 2 rings (SSSR count). The molecule has 2 aromatic rings. The Morgan fingerprint density at radius 2 is 2.38 bits per heavy atom. The quantitative estimate of drug-likeness (QED) is 0.854. The molecular weight excluding hydrogens is 244 g/mol. The summed E-state index contributed by atoms with van der Waals surface area (Å²) in [5, 5.41) is 5.55. The van der Waals surface area contributed by atoms with Gasteiger partial charge in [0.2, 0.25) is 5.91 Å². The van der Waals surface area contributed by atoms with E-state index in [1.807, 2.05) is 29.6 Å². The molecule has 82 valence electrons. The molecule has 0 aliphatic heterocycles. The highest BCUT2D eigenvalue weighted by atomic mass is 35.5. The fourth-order valence-electron chi connectivity index (χ4n) is 1.29. The summed E-state index contributed by atoms with van der Waals surface area (Å²) in [6, 6.07) is 7.53. The maximum absolute atomic E-state index is 11.1. The smallest absolute Gasteiger partial charge is 0.239 e. The van der Waals surface area contributed by atoms with E-state index in [9.17, 15) is 4.79 Å². The van der Waals surface area contributed by atoms with Crippen molar-refractivity contribution in [2.75, 3.05) is 11.2 Å². The molecule has 0 aliphatic carbocycles. The molecule has 16 heavy (non-hydrogen) atoms. The van der Waals surface area contributed by atoms with Crippen molar-refractivity contribution in [3.8, 4) is 10.6 Å². The van der Waals surface area contributed by atoms with Crippen LogP contribution in [0.15, 0.2) is 35.8 Å². The molecule has 0 saturated heterocycles. The van der Waals surface area contributed by atoms with Crippen molar-refractivity contribution in [2.45, 2.75) is 0 Å². The van der Waals surface area contributed by atoms with Crippen molar-refractivity contribution in [3.63, 3.8) is 0 Å². The van der Waals surface area contributed by atoms with E-state index in [0.717, 1.165) is 16.3 Å². The lowest BCUT2D eigenvalue weighted by molar-refractivity contribution is -0.113. The van der Waals surface area contributed by atoms with Crippen LogP contribution in [0.2, 0.25) is 0 Å². The van der Waals surface area contributed by atoms with Gasteiger partial charge in [-0.15, -0.1) is 22.9 Å². The summed E-state index contributed by atoms with van der Waals surface area (Å²) in [7, 11) is 0. The summed E-state index contributed by atoms with van der Waals surface area (Å²) < 4.78 is 0. The van der Waals surface area contributed by atoms with Crippen LogP contribution in [0.1, 0.15) is 0 Å². The van der Waals surface area contributed by atoms with Gasteiger partial charge in [-0.05, 0) is 12.1 Å². The van der Waals surface area contributed by atoms with E-state index in [1.165, 1.54) is 0 Å². The summed E-state index contributed by atoms with van der Waals surface area (Å²) in [5.74, 6) is -0.250. The van der Waals surface area contributed by atoms with Crippen molar-refractivity contribution in [3.05, 3.63) is 35.8 Å². The Morgan fingerprint density at radius 1 is 1.50 bits per heavy atom. The average Bonchev–Trinajstić information content (AvgIpc) is 2.83. The lowest BCUT2D eigenvalue weighted by atomic mass is 10.2. The summed E-state index contributed by atoms with van der Waals surface area (Å²) >= 11 is 6.98. The van der Waals surface area contributed by atoms with E-state index in [-0.39, 0.29) is 11.8 Å². The van der Waals surface area contributed by atoms with Crippen molar-refractivity contribution in [2.24, 2.45) is 0 Å². The normalized spacial score (nSPS) is 10.1. The first-order chi connectivity index (χ1) is 7.79. The van der Waals surface area contributed by atoms with Gasteiger partial charge >= 0.3 is 0 Å². The SMILES string of the molecule is O=C(CCl)Nc1cccc(-c2nccs2)c1. The zero-order chi connectivity index (χ0) is 11.4. The van der Waals surface area contributed by atoms with Crippen LogP contribution in [0.5, 0.6) is 0 Å². The molecule has 1 aromatic heterocycles. The van der Waals surface area contributed by atoms with E-state index in [1.54, 1.807) is 17.5 Å². The van der Waals surface area contributed by atoms with Crippen molar-refractivity contribution in [1.82, 2.24) is 4.98 Å². The van der Waals surface area contributed by atoms with Gasteiger partial charge in [0.15, 0.2) is 0 Å². The highest BCUT2D eigenvalue weighted by molar-refractivity contribution is 7.13. The topological polar surface area (TPSA) is 42.0 Å². The third kappa shape index (κ3) is 2.59. The van der Waals surface area contributed by atoms with Crippen molar-refractivity contribution in [1.29, 1.82) is 0 Å². The molecule has 0 atom stereocenters. The van der Waals surface area contributed by atoms with Crippen LogP contribution in [0.3, 0.4) is 0 Å². The number of carbonyl (C=O) groups excluding carboxylic acids is 1. The first-order valence-electron chi connectivity index (χ1n) is 4.65. The molecule has 0 spiro atoms. The van der Waals surface area contributed by atoms with Crippen molar-refractivity contribution >= 4 is 34.5 Å². The molecule has 5 heteroatoms. The van der Waals surface area contributed by atoms with Crippen LogP contribution < -0.4 is 5.32 Å². The van der Waals surface area contributed by atoms with E-state index < -0.39 is 0 Å². The summed E-state index contributed by atoms with van der Waals surface area (Å²) in [6.45, 7) is 0. The molecular formula is C11H9ClN2OS. The molecule has 1 aromatic carbocycles. The Labute approximate surface area is 102 Å². The maximum Gasteiger partial charge on any atom is 0.239 e. The van der Waals surface area contributed by atoms with Gasteiger partial charge in [0.05, 0.1) is 0 Å². The standard InChI is InChI=1S/C11H9ClN2OS/c12-7-10(15)14-9-3-1-2-8(6-9)11-13-4-5-16-11/h1-6H,7H2,(H,14,15). The Balaban J connectivity index is 2.23. The zero-order valence-electron chi connectivity index (χ0n) is 8.31.